The number of H-pyrrole nitrogens is 1. The normalized spacial score (nSPS) is 15.7. The van der Waals surface area contributed by atoms with Crippen LogP contribution in [0.4, 0.5) is 10.2 Å². The van der Waals surface area contributed by atoms with Crippen LogP contribution in [0, 0.1) is 12.7 Å². The van der Waals surface area contributed by atoms with Crippen LogP contribution in [0.25, 0.3) is 33.1 Å². The molecular formula is C24H23ClFN7O2. The van der Waals surface area contributed by atoms with E-state index in [1.807, 2.05) is 24.9 Å². The van der Waals surface area contributed by atoms with E-state index in [0.29, 0.717) is 40.3 Å². The number of rotatable bonds is 5. The lowest BCUT2D eigenvalue weighted by atomic mass is 10.0. The molecule has 1 unspecified atom stereocenters. The molecule has 11 heteroatoms. The van der Waals surface area contributed by atoms with Gasteiger partial charge < -0.3 is 14.5 Å². The molecule has 1 aliphatic rings. The number of benzene rings is 1. The number of nitrogens with one attached hydrogen (secondary N) is 1. The molecule has 0 aliphatic carbocycles. The SMILES string of the molecule is C=CC(=O)N1CCC(N(C)c2nc(OC)nc3c(F)c(-c4c(Cl)c(C)cc5[nH]ncc45)ncc23)C1. The molecule has 1 aromatic carbocycles. The predicted molar refractivity (Wildman–Crippen MR) is 132 cm³/mol. The van der Waals surface area contributed by atoms with E-state index in [2.05, 4.69) is 31.7 Å². The second-order valence-electron chi connectivity index (χ2n) is 8.47. The number of fused-ring (bicyclic) bond motifs is 2. The van der Waals surface area contributed by atoms with Crippen LogP contribution in [0.3, 0.4) is 0 Å². The van der Waals surface area contributed by atoms with Crippen molar-refractivity contribution in [1.29, 1.82) is 0 Å². The maximum atomic E-state index is 16.1. The zero-order valence-corrected chi connectivity index (χ0v) is 20.2. The van der Waals surface area contributed by atoms with Crippen LogP contribution in [0.2, 0.25) is 5.02 Å². The van der Waals surface area contributed by atoms with Crippen molar-refractivity contribution in [2.45, 2.75) is 19.4 Å². The molecule has 4 heterocycles. The highest BCUT2D eigenvalue weighted by Crippen LogP contribution is 2.39. The molecule has 35 heavy (non-hydrogen) atoms. The van der Waals surface area contributed by atoms with Crippen LogP contribution in [0.5, 0.6) is 6.01 Å². The number of aryl methyl sites for hydroxylation is 1. The number of hydrogen-bond acceptors (Lipinski definition) is 7. The van der Waals surface area contributed by atoms with E-state index in [1.165, 1.54) is 13.2 Å². The Kier molecular flexibility index (Phi) is 5.76. The molecular weight excluding hydrogens is 473 g/mol. The number of ether oxygens (including phenoxy) is 1. The van der Waals surface area contributed by atoms with Crippen LogP contribution in [-0.4, -0.2) is 69.2 Å². The molecule has 1 aliphatic heterocycles. The van der Waals surface area contributed by atoms with Gasteiger partial charge in [-0.1, -0.05) is 18.2 Å². The zero-order chi connectivity index (χ0) is 24.9. The number of pyridine rings is 1. The van der Waals surface area contributed by atoms with E-state index in [4.69, 9.17) is 16.3 Å². The molecule has 1 N–H and O–H groups in total. The van der Waals surface area contributed by atoms with Gasteiger partial charge in [-0.3, -0.25) is 14.9 Å². The molecule has 1 saturated heterocycles. The first-order chi connectivity index (χ1) is 16.8. The Labute approximate surface area is 205 Å². The van der Waals surface area contributed by atoms with Crippen LogP contribution >= 0.6 is 11.6 Å². The van der Waals surface area contributed by atoms with E-state index in [-0.39, 0.29) is 29.2 Å². The molecule has 5 rings (SSSR count). The monoisotopic (exact) mass is 495 g/mol. The van der Waals surface area contributed by atoms with Crippen molar-refractivity contribution >= 4 is 45.1 Å². The van der Waals surface area contributed by atoms with Gasteiger partial charge in [0.1, 0.15) is 17.0 Å². The summed E-state index contributed by atoms with van der Waals surface area (Å²) in [4.78, 5) is 28.9. The maximum Gasteiger partial charge on any atom is 0.318 e. The largest absolute Gasteiger partial charge is 0.467 e. The lowest BCUT2D eigenvalue weighted by Gasteiger charge is -2.27. The number of hydrogen-bond donors (Lipinski definition) is 1. The van der Waals surface area contributed by atoms with Crippen LogP contribution < -0.4 is 9.64 Å². The summed E-state index contributed by atoms with van der Waals surface area (Å²) in [6, 6.07) is 1.85. The van der Waals surface area contributed by atoms with Crippen molar-refractivity contribution in [3.05, 3.63) is 47.5 Å². The number of carbonyl (C=O) groups is 1. The van der Waals surface area contributed by atoms with Crippen LogP contribution in [-0.2, 0) is 4.79 Å². The van der Waals surface area contributed by atoms with Gasteiger partial charge in [0.05, 0.1) is 29.2 Å². The molecule has 0 radical (unpaired) electrons. The highest BCUT2D eigenvalue weighted by Gasteiger charge is 2.30. The Morgan fingerprint density at radius 1 is 1.37 bits per heavy atom. The van der Waals surface area contributed by atoms with Gasteiger partial charge in [-0.15, -0.1) is 0 Å². The molecule has 9 nitrogen and oxygen atoms in total. The molecule has 1 atom stereocenters. The Balaban J connectivity index is 1.65. The number of anilines is 1. The number of aromatic nitrogens is 5. The van der Waals surface area contributed by atoms with Crippen molar-refractivity contribution in [2.24, 2.45) is 0 Å². The fraction of sp³-hybridized carbons (Fsp3) is 0.292. The molecule has 1 fully saturated rings. The summed E-state index contributed by atoms with van der Waals surface area (Å²) in [5.41, 5.74) is 2.06. The Bertz CT molecular complexity index is 1490. The number of amides is 1. The third kappa shape index (κ3) is 3.74. The average molecular weight is 496 g/mol. The van der Waals surface area contributed by atoms with Crippen molar-refractivity contribution in [3.8, 4) is 17.3 Å². The Hall–Kier alpha value is -3.79. The number of halogens is 2. The number of likely N-dealkylation sites (tertiary alicyclic amines) is 1. The first kappa shape index (κ1) is 23.0. The summed E-state index contributed by atoms with van der Waals surface area (Å²) in [6.07, 6.45) is 5.18. The standard InChI is InChI=1S/C24H23ClFN7O2/c1-5-17(34)33-7-6-13(11-33)32(3)23-15-9-27-22(20(26)21(15)29-24(30-23)35-4)18-14-10-28-31-16(14)8-12(2)19(18)25/h5,8-10,13H,1,6-7,11H2,2-4H3,(H,28,31). The van der Waals surface area contributed by atoms with Crippen molar-refractivity contribution in [2.75, 3.05) is 32.1 Å². The van der Waals surface area contributed by atoms with E-state index < -0.39 is 5.82 Å². The summed E-state index contributed by atoms with van der Waals surface area (Å²) >= 11 is 6.61. The van der Waals surface area contributed by atoms with Gasteiger partial charge in [-0.05, 0) is 31.1 Å². The second kappa shape index (κ2) is 8.77. The Morgan fingerprint density at radius 2 is 2.17 bits per heavy atom. The summed E-state index contributed by atoms with van der Waals surface area (Å²) in [5.74, 6) is -0.293. The third-order valence-electron chi connectivity index (χ3n) is 6.46. The summed E-state index contributed by atoms with van der Waals surface area (Å²) < 4.78 is 21.4. The van der Waals surface area contributed by atoms with E-state index >= 15 is 4.39 Å². The molecule has 0 spiro atoms. The number of methoxy groups -OCH3 is 1. The lowest BCUT2D eigenvalue weighted by Crippen LogP contribution is -2.36. The highest BCUT2D eigenvalue weighted by atomic mass is 35.5. The van der Waals surface area contributed by atoms with Gasteiger partial charge in [-0.2, -0.15) is 15.1 Å². The quantitative estimate of drug-likeness (QED) is 0.419. The highest BCUT2D eigenvalue weighted by molar-refractivity contribution is 6.35. The van der Waals surface area contributed by atoms with Crippen LogP contribution in [0.15, 0.2) is 31.1 Å². The first-order valence-corrected chi connectivity index (χ1v) is 11.4. The fourth-order valence-electron chi connectivity index (χ4n) is 4.55. The molecule has 180 valence electrons. The minimum Gasteiger partial charge on any atom is -0.467 e. The smallest absolute Gasteiger partial charge is 0.318 e. The summed E-state index contributed by atoms with van der Waals surface area (Å²) in [6.45, 7) is 6.50. The molecule has 0 bridgehead atoms. The molecule has 4 aromatic rings. The minimum absolute atomic E-state index is 0.0243. The van der Waals surface area contributed by atoms with Gasteiger partial charge >= 0.3 is 6.01 Å². The lowest BCUT2D eigenvalue weighted by molar-refractivity contribution is -0.125. The van der Waals surface area contributed by atoms with Gasteiger partial charge in [-0.25, -0.2) is 4.39 Å². The number of carbonyl (C=O) groups excluding carboxylic acids is 1. The number of nitrogens with zero attached hydrogens (tertiary/aromatic N) is 6. The van der Waals surface area contributed by atoms with Gasteiger partial charge in [0.25, 0.3) is 0 Å². The second-order valence-corrected chi connectivity index (χ2v) is 8.85. The number of likely N-dealkylation sites (N-methyl/N-ethyl adjacent to an activating group) is 1. The van der Waals surface area contributed by atoms with E-state index in [9.17, 15) is 4.79 Å². The maximum absolute atomic E-state index is 16.1. The van der Waals surface area contributed by atoms with Crippen molar-refractivity contribution < 1.29 is 13.9 Å². The third-order valence-corrected chi connectivity index (χ3v) is 6.95. The van der Waals surface area contributed by atoms with E-state index in [1.54, 1.807) is 17.3 Å². The minimum atomic E-state index is -0.636. The zero-order valence-electron chi connectivity index (χ0n) is 19.5. The fourth-order valence-corrected chi connectivity index (χ4v) is 4.79. The number of aromatic amines is 1. The molecule has 0 saturated carbocycles. The van der Waals surface area contributed by atoms with E-state index in [0.717, 1.165) is 17.5 Å². The topological polar surface area (TPSA) is 100 Å². The van der Waals surface area contributed by atoms with Gasteiger partial charge in [0, 0.05) is 43.3 Å². The molecule has 3 aromatic heterocycles. The Morgan fingerprint density at radius 3 is 2.91 bits per heavy atom. The summed E-state index contributed by atoms with van der Waals surface area (Å²) in [5, 5.41) is 8.44. The van der Waals surface area contributed by atoms with Gasteiger partial charge in [0.15, 0.2) is 5.82 Å². The van der Waals surface area contributed by atoms with Gasteiger partial charge in [0.2, 0.25) is 5.91 Å². The van der Waals surface area contributed by atoms with Crippen molar-refractivity contribution in [1.82, 2.24) is 30.0 Å². The predicted octanol–water partition coefficient (Wildman–Crippen LogP) is 3.90. The first-order valence-electron chi connectivity index (χ1n) is 11.0. The van der Waals surface area contributed by atoms with Crippen LogP contribution in [0.1, 0.15) is 12.0 Å². The average Bonchev–Trinajstić information content (AvgIpc) is 3.54. The summed E-state index contributed by atoms with van der Waals surface area (Å²) in [7, 11) is 3.28. The van der Waals surface area contributed by atoms with Crippen molar-refractivity contribution in [3.63, 3.8) is 0 Å². The molecule has 1 amide bonds.